The first-order chi connectivity index (χ1) is 12.1. The smallest absolute Gasteiger partial charge is 0.335 e. The second-order valence-corrected chi connectivity index (χ2v) is 7.65. The SMILES string of the molecule is COc1cc(C(=O)O)cc(C(=O)N2CCC(N3CCSCC3)CC2)c1. The molecule has 1 N–H and O–H groups in total. The first kappa shape index (κ1) is 18.1. The lowest BCUT2D eigenvalue weighted by Gasteiger charge is -2.40. The van der Waals surface area contributed by atoms with Crippen LogP contribution in [0, 0.1) is 0 Å². The summed E-state index contributed by atoms with van der Waals surface area (Å²) in [6.45, 7) is 3.71. The fourth-order valence-corrected chi connectivity index (χ4v) is 4.45. The summed E-state index contributed by atoms with van der Waals surface area (Å²) in [6.07, 6.45) is 1.96. The highest BCUT2D eigenvalue weighted by molar-refractivity contribution is 7.99. The predicted molar refractivity (Wildman–Crippen MR) is 97.8 cm³/mol. The Morgan fingerprint density at radius 2 is 1.72 bits per heavy atom. The van der Waals surface area contributed by atoms with Gasteiger partial charge in [0, 0.05) is 49.3 Å². The highest BCUT2D eigenvalue weighted by Crippen LogP contribution is 2.23. The number of rotatable bonds is 4. The molecule has 1 aromatic rings. The van der Waals surface area contributed by atoms with Gasteiger partial charge in [0.05, 0.1) is 12.7 Å². The van der Waals surface area contributed by atoms with Gasteiger partial charge >= 0.3 is 5.97 Å². The van der Waals surface area contributed by atoms with Crippen LogP contribution in [-0.4, -0.2) is 77.6 Å². The molecule has 3 rings (SSSR count). The summed E-state index contributed by atoms with van der Waals surface area (Å²) in [6, 6.07) is 5.04. The highest BCUT2D eigenvalue weighted by Gasteiger charge is 2.28. The molecule has 1 aromatic carbocycles. The van der Waals surface area contributed by atoms with Crippen molar-refractivity contribution in [3.63, 3.8) is 0 Å². The molecule has 0 spiro atoms. The minimum absolute atomic E-state index is 0.0726. The first-order valence-electron chi connectivity index (χ1n) is 8.62. The average molecular weight is 364 g/mol. The molecule has 2 heterocycles. The fraction of sp³-hybridized carbons (Fsp3) is 0.556. The molecule has 2 aliphatic heterocycles. The van der Waals surface area contributed by atoms with Gasteiger partial charge in [-0.2, -0.15) is 11.8 Å². The molecule has 0 bridgehead atoms. The Morgan fingerprint density at radius 1 is 1.08 bits per heavy atom. The monoisotopic (exact) mass is 364 g/mol. The molecular weight excluding hydrogens is 340 g/mol. The van der Waals surface area contributed by atoms with Gasteiger partial charge in [0.25, 0.3) is 5.91 Å². The molecule has 2 fully saturated rings. The van der Waals surface area contributed by atoms with Crippen molar-refractivity contribution in [2.75, 3.05) is 44.8 Å². The number of thioether (sulfide) groups is 1. The summed E-state index contributed by atoms with van der Waals surface area (Å²) >= 11 is 2.01. The van der Waals surface area contributed by atoms with Crippen molar-refractivity contribution < 1.29 is 19.4 Å². The van der Waals surface area contributed by atoms with E-state index in [9.17, 15) is 14.7 Å². The normalized spacial score (nSPS) is 19.6. The van der Waals surface area contributed by atoms with E-state index in [1.807, 2.05) is 16.7 Å². The number of hydrogen-bond acceptors (Lipinski definition) is 5. The molecule has 0 saturated carbocycles. The van der Waals surface area contributed by atoms with E-state index in [0.29, 0.717) is 30.4 Å². The van der Waals surface area contributed by atoms with Crippen LogP contribution in [0.15, 0.2) is 18.2 Å². The molecule has 7 heteroatoms. The van der Waals surface area contributed by atoms with Crippen LogP contribution >= 0.6 is 11.8 Å². The molecule has 0 aromatic heterocycles. The summed E-state index contributed by atoms with van der Waals surface area (Å²) in [4.78, 5) is 28.4. The van der Waals surface area contributed by atoms with E-state index in [0.717, 1.165) is 25.9 Å². The third-order valence-corrected chi connectivity index (χ3v) is 5.89. The zero-order valence-electron chi connectivity index (χ0n) is 14.4. The van der Waals surface area contributed by atoms with Crippen LogP contribution < -0.4 is 4.74 Å². The van der Waals surface area contributed by atoms with Gasteiger partial charge < -0.3 is 14.7 Å². The second-order valence-electron chi connectivity index (χ2n) is 6.43. The molecule has 25 heavy (non-hydrogen) atoms. The molecule has 0 aliphatic carbocycles. The fourth-order valence-electron chi connectivity index (χ4n) is 3.52. The van der Waals surface area contributed by atoms with Crippen LogP contribution in [0.3, 0.4) is 0 Å². The number of piperidine rings is 1. The highest BCUT2D eigenvalue weighted by atomic mass is 32.2. The number of nitrogens with zero attached hydrogens (tertiary/aromatic N) is 2. The number of carboxylic acids is 1. The average Bonchev–Trinajstić information content (AvgIpc) is 2.67. The topological polar surface area (TPSA) is 70.1 Å². The van der Waals surface area contributed by atoms with Crippen molar-refractivity contribution >= 4 is 23.6 Å². The van der Waals surface area contributed by atoms with Crippen LogP contribution in [-0.2, 0) is 0 Å². The van der Waals surface area contributed by atoms with Crippen molar-refractivity contribution in [3.05, 3.63) is 29.3 Å². The maximum Gasteiger partial charge on any atom is 0.335 e. The molecule has 2 aliphatic rings. The number of carbonyl (C=O) groups excluding carboxylic acids is 1. The molecular formula is C18H24N2O4S. The number of methoxy groups -OCH3 is 1. The third kappa shape index (κ3) is 4.27. The summed E-state index contributed by atoms with van der Waals surface area (Å²) in [5, 5.41) is 9.21. The number of carboxylic acid groups (broad SMARTS) is 1. The Bertz CT molecular complexity index is 638. The zero-order chi connectivity index (χ0) is 17.8. The van der Waals surface area contributed by atoms with Gasteiger partial charge in [-0.3, -0.25) is 9.69 Å². The van der Waals surface area contributed by atoms with Gasteiger partial charge in [-0.05, 0) is 31.0 Å². The van der Waals surface area contributed by atoms with Gasteiger partial charge in [0.15, 0.2) is 0 Å². The molecule has 136 valence electrons. The number of aromatic carboxylic acids is 1. The molecule has 2 saturated heterocycles. The zero-order valence-corrected chi connectivity index (χ0v) is 15.3. The maximum atomic E-state index is 12.8. The van der Waals surface area contributed by atoms with Crippen LogP contribution in [0.4, 0.5) is 0 Å². The molecule has 0 radical (unpaired) electrons. The quantitative estimate of drug-likeness (QED) is 0.882. The van der Waals surface area contributed by atoms with E-state index in [2.05, 4.69) is 4.90 Å². The number of amides is 1. The summed E-state index contributed by atoms with van der Waals surface area (Å²) in [5.74, 6) is 1.61. The van der Waals surface area contributed by atoms with Crippen molar-refractivity contribution in [2.45, 2.75) is 18.9 Å². The molecule has 0 atom stereocenters. The predicted octanol–water partition coefficient (Wildman–Crippen LogP) is 2.05. The third-order valence-electron chi connectivity index (χ3n) is 4.95. The van der Waals surface area contributed by atoms with E-state index < -0.39 is 5.97 Å². The van der Waals surface area contributed by atoms with Crippen molar-refractivity contribution in [3.8, 4) is 5.75 Å². The van der Waals surface area contributed by atoms with E-state index in [1.54, 1.807) is 6.07 Å². The second kappa shape index (κ2) is 8.10. The Kier molecular flexibility index (Phi) is 5.86. The Hall–Kier alpha value is -1.73. The van der Waals surface area contributed by atoms with E-state index >= 15 is 0 Å². The Labute approximate surface area is 152 Å². The number of benzene rings is 1. The van der Waals surface area contributed by atoms with Crippen molar-refractivity contribution in [2.24, 2.45) is 0 Å². The number of carbonyl (C=O) groups is 2. The maximum absolute atomic E-state index is 12.8. The van der Waals surface area contributed by atoms with E-state index in [1.165, 1.54) is 30.7 Å². The number of hydrogen-bond donors (Lipinski definition) is 1. The summed E-state index contributed by atoms with van der Waals surface area (Å²) in [7, 11) is 1.47. The van der Waals surface area contributed by atoms with Crippen LogP contribution in [0.5, 0.6) is 5.75 Å². The lowest BCUT2D eigenvalue weighted by Crippen LogP contribution is -2.49. The Balaban J connectivity index is 1.66. The molecule has 1 amide bonds. The van der Waals surface area contributed by atoms with Gasteiger partial charge in [-0.1, -0.05) is 0 Å². The van der Waals surface area contributed by atoms with Gasteiger partial charge in [0.2, 0.25) is 0 Å². The van der Waals surface area contributed by atoms with Crippen LogP contribution in [0.1, 0.15) is 33.6 Å². The lowest BCUT2D eigenvalue weighted by molar-refractivity contribution is 0.0630. The van der Waals surface area contributed by atoms with E-state index in [-0.39, 0.29) is 11.5 Å². The first-order valence-corrected chi connectivity index (χ1v) is 9.77. The lowest BCUT2D eigenvalue weighted by atomic mass is 10.0. The minimum Gasteiger partial charge on any atom is -0.497 e. The Morgan fingerprint density at radius 3 is 2.32 bits per heavy atom. The van der Waals surface area contributed by atoms with E-state index in [4.69, 9.17) is 4.74 Å². The summed E-state index contributed by atoms with van der Waals surface area (Å²) < 4.78 is 5.14. The largest absolute Gasteiger partial charge is 0.497 e. The van der Waals surface area contributed by atoms with Gasteiger partial charge in [-0.25, -0.2) is 4.79 Å². The van der Waals surface area contributed by atoms with Crippen molar-refractivity contribution in [1.29, 1.82) is 0 Å². The summed E-state index contributed by atoms with van der Waals surface area (Å²) in [5.41, 5.74) is 0.452. The van der Waals surface area contributed by atoms with Gasteiger partial charge in [-0.15, -0.1) is 0 Å². The molecule has 6 nitrogen and oxygen atoms in total. The minimum atomic E-state index is -1.06. The van der Waals surface area contributed by atoms with Gasteiger partial charge in [0.1, 0.15) is 5.75 Å². The van der Waals surface area contributed by atoms with Crippen LogP contribution in [0.2, 0.25) is 0 Å². The van der Waals surface area contributed by atoms with Crippen LogP contribution in [0.25, 0.3) is 0 Å². The van der Waals surface area contributed by atoms with Crippen molar-refractivity contribution in [1.82, 2.24) is 9.80 Å². The number of likely N-dealkylation sites (tertiary alicyclic amines) is 1. The standard InChI is InChI=1S/C18H24N2O4S/c1-24-16-11-13(10-14(12-16)18(22)23)17(21)20-4-2-15(3-5-20)19-6-8-25-9-7-19/h10-12,15H,2-9H2,1H3,(H,22,23). The number of ether oxygens (including phenoxy) is 1. The molecule has 0 unspecified atom stereocenters.